The Balaban J connectivity index is 1.55. The summed E-state index contributed by atoms with van der Waals surface area (Å²) in [6.07, 6.45) is 1.78. The maximum absolute atomic E-state index is 12.9. The first-order valence-corrected chi connectivity index (χ1v) is 12.0. The summed E-state index contributed by atoms with van der Waals surface area (Å²) in [5, 5.41) is 1.44. The van der Waals surface area contributed by atoms with Gasteiger partial charge in [0.25, 0.3) is 5.91 Å². The van der Waals surface area contributed by atoms with Crippen molar-refractivity contribution in [3.63, 3.8) is 0 Å². The number of ether oxygens (including phenoxy) is 2. The van der Waals surface area contributed by atoms with E-state index in [1.807, 2.05) is 30.3 Å². The lowest BCUT2D eigenvalue weighted by molar-refractivity contribution is -0.121. The molecule has 4 rings (SSSR count). The minimum Gasteiger partial charge on any atom is -0.488 e. The molecule has 9 heteroatoms. The molecule has 1 saturated heterocycles. The minimum absolute atomic E-state index is 0.183. The lowest BCUT2D eigenvalue weighted by atomic mass is 10.1. The van der Waals surface area contributed by atoms with Crippen molar-refractivity contribution in [3.05, 3.63) is 98.4 Å². The average molecular weight is 527 g/mol. The Morgan fingerprint density at radius 3 is 2.63 bits per heavy atom. The number of para-hydroxylation sites is 1. The number of carbonyl (C=O) groups is 2. The van der Waals surface area contributed by atoms with Gasteiger partial charge in [-0.25, -0.2) is 9.79 Å². The average Bonchev–Trinajstić information content (AvgIpc) is 3.12. The molecule has 6 nitrogen and oxygen atoms in total. The standard InChI is InChI=1S/C26H20Cl2N2O4S/c1-30-24(31)23(35-26(30)29-19-8-5-7-18(13-19)25(32)33-2)14-17-6-3-4-9-22(17)34-15-16-10-11-20(27)21(28)12-16/h3-14H,15H2,1-2H3. The molecule has 0 N–H and O–H groups in total. The van der Waals surface area contributed by atoms with Crippen LogP contribution in [0.25, 0.3) is 6.08 Å². The van der Waals surface area contributed by atoms with Gasteiger partial charge in [0.05, 0.1) is 33.3 Å². The maximum atomic E-state index is 12.9. The topological polar surface area (TPSA) is 68.2 Å². The molecule has 0 unspecified atom stereocenters. The van der Waals surface area contributed by atoms with Crippen molar-refractivity contribution in [2.75, 3.05) is 14.2 Å². The molecule has 0 aliphatic carbocycles. The van der Waals surface area contributed by atoms with E-state index in [9.17, 15) is 9.59 Å². The van der Waals surface area contributed by atoms with Crippen LogP contribution in [-0.4, -0.2) is 36.1 Å². The van der Waals surface area contributed by atoms with E-state index in [1.165, 1.54) is 23.8 Å². The molecular weight excluding hydrogens is 507 g/mol. The number of halogens is 2. The van der Waals surface area contributed by atoms with Gasteiger partial charge in [-0.05, 0) is 59.8 Å². The molecule has 0 aromatic heterocycles. The van der Waals surface area contributed by atoms with Crippen molar-refractivity contribution in [2.24, 2.45) is 4.99 Å². The van der Waals surface area contributed by atoms with Crippen molar-refractivity contribution in [1.29, 1.82) is 0 Å². The van der Waals surface area contributed by atoms with E-state index in [4.69, 9.17) is 32.7 Å². The van der Waals surface area contributed by atoms with Gasteiger partial charge in [0.1, 0.15) is 12.4 Å². The molecule has 1 fully saturated rings. The number of amidine groups is 1. The maximum Gasteiger partial charge on any atom is 0.337 e. The van der Waals surface area contributed by atoms with Crippen LogP contribution in [0.2, 0.25) is 10.0 Å². The number of nitrogens with zero attached hydrogens (tertiary/aromatic N) is 2. The zero-order valence-corrected chi connectivity index (χ0v) is 21.2. The Morgan fingerprint density at radius 1 is 1.06 bits per heavy atom. The van der Waals surface area contributed by atoms with Crippen molar-refractivity contribution in [3.8, 4) is 5.75 Å². The summed E-state index contributed by atoms with van der Waals surface area (Å²) < 4.78 is 10.8. The Morgan fingerprint density at radius 2 is 1.86 bits per heavy atom. The Kier molecular flexibility index (Phi) is 7.80. The summed E-state index contributed by atoms with van der Waals surface area (Å²) in [6, 6.07) is 19.5. The summed E-state index contributed by atoms with van der Waals surface area (Å²) in [7, 11) is 2.98. The van der Waals surface area contributed by atoms with Gasteiger partial charge in [-0.1, -0.05) is 53.5 Å². The van der Waals surface area contributed by atoms with Gasteiger partial charge in [0.15, 0.2) is 5.17 Å². The second-order valence-corrected chi connectivity index (χ2v) is 9.31. The first-order valence-electron chi connectivity index (χ1n) is 10.5. The molecule has 0 atom stereocenters. The van der Waals surface area contributed by atoms with Crippen LogP contribution >= 0.6 is 35.0 Å². The molecule has 1 amide bonds. The van der Waals surface area contributed by atoms with Crippen LogP contribution in [0, 0.1) is 0 Å². The number of carbonyl (C=O) groups excluding carboxylic acids is 2. The predicted molar refractivity (Wildman–Crippen MR) is 140 cm³/mol. The van der Waals surface area contributed by atoms with E-state index >= 15 is 0 Å². The molecule has 0 saturated carbocycles. The van der Waals surface area contributed by atoms with E-state index < -0.39 is 5.97 Å². The number of hydrogen-bond donors (Lipinski definition) is 0. The minimum atomic E-state index is -0.450. The van der Waals surface area contributed by atoms with Crippen LogP contribution in [0.4, 0.5) is 5.69 Å². The molecule has 35 heavy (non-hydrogen) atoms. The molecule has 0 radical (unpaired) electrons. The second kappa shape index (κ2) is 11.0. The van der Waals surface area contributed by atoms with E-state index in [2.05, 4.69) is 4.99 Å². The Labute approximate surface area is 217 Å². The van der Waals surface area contributed by atoms with Gasteiger partial charge in [0.2, 0.25) is 0 Å². The second-order valence-electron chi connectivity index (χ2n) is 7.49. The van der Waals surface area contributed by atoms with Crippen LogP contribution in [-0.2, 0) is 16.1 Å². The van der Waals surface area contributed by atoms with Crippen LogP contribution in [0.1, 0.15) is 21.5 Å². The predicted octanol–water partition coefficient (Wildman–Crippen LogP) is 6.59. The highest BCUT2D eigenvalue weighted by Crippen LogP contribution is 2.35. The molecule has 178 valence electrons. The normalized spacial score (nSPS) is 15.7. The number of benzene rings is 3. The van der Waals surface area contributed by atoms with Crippen LogP contribution in [0.5, 0.6) is 5.75 Å². The quantitative estimate of drug-likeness (QED) is 0.267. The summed E-state index contributed by atoms with van der Waals surface area (Å²) in [6.45, 7) is 0.293. The third kappa shape index (κ3) is 5.88. The van der Waals surface area contributed by atoms with E-state index in [1.54, 1.807) is 49.5 Å². The van der Waals surface area contributed by atoms with Gasteiger partial charge in [-0.15, -0.1) is 0 Å². The molecule has 0 bridgehead atoms. The molecule has 1 heterocycles. The smallest absolute Gasteiger partial charge is 0.337 e. The zero-order chi connectivity index (χ0) is 24.9. The lowest BCUT2D eigenvalue weighted by Crippen LogP contribution is -2.23. The number of esters is 1. The third-order valence-electron chi connectivity index (χ3n) is 5.08. The first kappa shape index (κ1) is 24.9. The van der Waals surface area contributed by atoms with Gasteiger partial charge in [-0.2, -0.15) is 0 Å². The molecule has 1 aliphatic rings. The van der Waals surface area contributed by atoms with Crippen LogP contribution < -0.4 is 4.74 Å². The lowest BCUT2D eigenvalue weighted by Gasteiger charge is -2.10. The fraction of sp³-hybridized carbons (Fsp3) is 0.115. The van der Waals surface area contributed by atoms with Crippen LogP contribution in [0.15, 0.2) is 76.6 Å². The highest BCUT2D eigenvalue weighted by molar-refractivity contribution is 8.18. The number of likely N-dealkylation sites (N-methyl/N-ethyl adjacent to an activating group) is 1. The Hall–Kier alpha value is -3.26. The van der Waals surface area contributed by atoms with E-state index in [0.717, 1.165) is 11.1 Å². The molecule has 0 spiro atoms. The largest absolute Gasteiger partial charge is 0.488 e. The number of amides is 1. The molecule has 3 aromatic rings. The molecule has 1 aliphatic heterocycles. The third-order valence-corrected chi connectivity index (χ3v) is 6.88. The van der Waals surface area contributed by atoms with Gasteiger partial charge in [0, 0.05) is 12.6 Å². The van der Waals surface area contributed by atoms with E-state index in [0.29, 0.717) is 43.7 Å². The highest BCUT2D eigenvalue weighted by atomic mass is 35.5. The number of thioether (sulfide) groups is 1. The van der Waals surface area contributed by atoms with Crippen molar-refractivity contribution in [1.82, 2.24) is 4.90 Å². The van der Waals surface area contributed by atoms with E-state index in [-0.39, 0.29) is 5.91 Å². The number of rotatable bonds is 6. The summed E-state index contributed by atoms with van der Waals surface area (Å²) in [4.78, 5) is 31.2. The Bertz CT molecular complexity index is 1360. The van der Waals surface area contributed by atoms with Gasteiger partial charge < -0.3 is 9.47 Å². The molecule has 3 aromatic carbocycles. The highest BCUT2D eigenvalue weighted by Gasteiger charge is 2.30. The summed E-state index contributed by atoms with van der Waals surface area (Å²) >= 11 is 13.3. The van der Waals surface area contributed by atoms with Crippen molar-refractivity contribution >= 4 is 63.8 Å². The fourth-order valence-electron chi connectivity index (χ4n) is 3.25. The summed E-state index contributed by atoms with van der Waals surface area (Å²) in [5.41, 5.74) is 2.55. The number of methoxy groups -OCH3 is 1. The fourth-order valence-corrected chi connectivity index (χ4v) is 4.54. The number of aliphatic imine (C=N–C) groups is 1. The van der Waals surface area contributed by atoms with Gasteiger partial charge >= 0.3 is 5.97 Å². The monoisotopic (exact) mass is 526 g/mol. The first-order chi connectivity index (χ1) is 16.9. The van der Waals surface area contributed by atoms with Crippen molar-refractivity contribution < 1.29 is 19.1 Å². The zero-order valence-electron chi connectivity index (χ0n) is 18.8. The SMILES string of the molecule is COC(=O)c1cccc(N=C2SC(=Cc3ccccc3OCc3ccc(Cl)c(Cl)c3)C(=O)N2C)c1. The number of hydrogen-bond acceptors (Lipinski definition) is 6. The van der Waals surface area contributed by atoms with Gasteiger partial charge in [-0.3, -0.25) is 9.69 Å². The van der Waals surface area contributed by atoms with Crippen LogP contribution in [0.3, 0.4) is 0 Å². The molecular formula is C26H20Cl2N2O4S. The van der Waals surface area contributed by atoms with Crippen molar-refractivity contribution in [2.45, 2.75) is 6.61 Å². The summed E-state index contributed by atoms with van der Waals surface area (Å²) in [5.74, 6) is -0.0101.